The van der Waals surface area contributed by atoms with Crippen LogP contribution in [0.2, 0.25) is 0 Å². The van der Waals surface area contributed by atoms with Crippen molar-refractivity contribution in [2.75, 3.05) is 0 Å². The maximum atomic E-state index is 12.3. The fourth-order valence-electron chi connectivity index (χ4n) is 1.19. The Balaban J connectivity index is 3.33. The molecule has 0 aromatic carbocycles. The fourth-order valence-corrected chi connectivity index (χ4v) is 1.19. The molecule has 5 heteroatoms. The Bertz CT molecular complexity index is 382. The standard InChI is InChI=1S/C9H9F2N3/c1-5-2-7(9(10)11)14-8(4-13)6(5)3-12/h2,9H,3,12H2,1H3. The fraction of sp³-hybridized carbons (Fsp3) is 0.333. The van der Waals surface area contributed by atoms with Crippen molar-refractivity contribution in [2.45, 2.75) is 19.9 Å². The molecule has 0 saturated heterocycles. The Labute approximate surface area is 80.2 Å². The Morgan fingerprint density at radius 3 is 2.71 bits per heavy atom. The highest BCUT2D eigenvalue weighted by Gasteiger charge is 2.14. The summed E-state index contributed by atoms with van der Waals surface area (Å²) in [5.74, 6) is 0. The van der Waals surface area contributed by atoms with Gasteiger partial charge in [0.05, 0.1) is 0 Å². The molecule has 0 aliphatic heterocycles. The van der Waals surface area contributed by atoms with Gasteiger partial charge in [0.1, 0.15) is 17.5 Å². The summed E-state index contributed by atoms with van der Waals surface area (Å²) in [6.45, 7) is 1.77. The van der Waals surface area contributed by atoms with E-state index in [0.29, 0.717) is 11.1 Å². The number of alkyl halides is 2. The average Bonchev–Trinajstić information content (AvgIpc) is 2.16. The molecule has 0 atom stereocenters. The molecule has 3 nitrogen and oxygen atoms in total. The second-order valence-corrected chi connectivity index (χ2v) is 2.81. The number of pyridine rings is 1. The van der Waals surface area contributed by atoms with Crippen molar-refractivity contribution in [3.05, 3.63) is 28.6 Å². The van der Waals surface area contributed by atoms with Crippen LogP contribution in [0.5, 0.6) is 0 Å². The van der Waals surface area contributed by atoms with E-state index in [1.165, 1.54) is 6.07 Å². The smallest absolute Gasteiger partial charge is 0.280 e. The highest BCUT2D eigenvalue weighted by Crippen LogP contribution is 2.21. The van der Waals surface area contributed by atoms with Crippen molar-refractivity contribution in [3.8, 4) is 6.07 Å². The van der Waals surface area contributed by atoms with Crippen molar-refractivity contribution in [1.29, 1.82) is 5.26 Å². The van der Waals surface area contributed by atoms with Crippen LogP contribution in [0, 0.1) is 18.3 Å². The zero-order valence-electron chi connectivity index (χ0n) is 7.59. The predicted octanol–water partition coefficient (Wildman–Crippen LogP) is 1.66. The third kappa shape index (κ3) is 1.86. The minimum absolute atomic E-state index is 0.0113. The van der Waals surface area contributed by atoms with Gasteiger partial charge in [-0.1, -0.05) is 0 Å². The number of hydrogen-bond acceptors (Lipinski definition) is 3. The minimum Gasteiger partial charge on any atom is -0.326 e. The van der Waals surface area contributed by atoms with Gasteiger partial charge in [0.2, 0.25) is 0 Å². The Kier molecular flexibility index (Phi) is 3.10. The van der Waals surface area contributed by atoms with E-state index in [4.69, 9.17) is 11.0 Å². The third-order valence-corrected chi connectivity index (χ3v) is 1.90. The number of aromatic nitrogens is 1. The molecule has 0 aliphatic rings. The van der Waals surface area contributed by atoms with Gasteiger partial charge in [-0.05, 0) is 18.6 Å². The van der Waals surface area contributed by atoms with Crippen LogP contribution in [-0.4, -0.2) is 4.98 Å². The van der Waals surface area contributed by atoms with Crippen LogP contribution in [0.4, 0.5) is 8.78 Å². The second-order valence-electron chi connectivity index (χ2n) is 2.81. The van der Waals surface area contributed by atoms with Crippen molar-refractivity contribution in [1.82, 2.24) is 4.98 Å². The van der Waals surface area contributed by atoms with Gasteiger partial charge in [0.25, 0.3) is 6.43 Å². The van der Waals surface area contributed by atoms with Gasteiger partial charge >= 0.3 is 0 Å². The lowest BCUT2D eigenvalue weighted by molar-refractivity contribution is 0.146. The first-order chi connectivity index (χ1) is 6.60. The number of aryl methyl sites for hydroxylation is 1. The molecule has 1 aromatic rings. The molecule has 0 fully saturated rings. The summed E-state index contributed by atoms with van der Waals surface area (Å²) < 4.78 is 24.6. The lowest BCUT2D eigenvalue weighted by Gasteiger charge is -2.07. The summed E-state index contributed by atoms with van der Waals surface area (Å²) in [4.78, 5) is 3.53. The third-order valence-electron chi connectivity index (χ3n) is 1.90. The first-order valence-electron chi connectivity index (χ1n) is 3.99. The zero-order valence-corrected chi connectivity index (χ0v) is 7.59. The number of rotatable bonds is 2. The second kappa shape index (κ2) is 4.11. The molecule has 1 rings (SSSR count). The molecule has 14 heavy (non-hydrogen) atoms. The van der Waals surface area contributed by atoms with E-state index < -0.39 is 6.43 Å². The maximum Gasteiger partial charge on any atom is 0.280 e. The molecule has 0 aliphatic carbocycles. The van der Waals surface area contributed by atoms with Crippen LogP contribution < -0.4 is 5.73 Å². The maximum absolute atomic E-state index is 12.3. The van der Waals surface area contributed by atoms with Crippen molar-refractivity contribution in [3.63, 3.8) is 0 Å². The van der Waals surface area contributed by atoms with Crippen molar-refractivity contribution >= 4 is 0 Å². The largest absolute Gasteiger partial charge is 0.326 e. The molecule has 1 heterocycles. The van der Waals surface area contributed by atoms with Gasteiger partial charge in [0.15, 0.2) is 0 Å². The molecule has 0 saturated carbocycles. The average molecular weight is 197 g/mol. The van der Waals surface area contributed by atoms with E-state index in [2.05, 4.69) is 4.98 Å². The number of hydrogen-bond donors (Lipinski definition) is 1. The van der Waals surface area contributed by atoms with E-state index in [1.54, 1.807) is 13.0 Å². The number of nitriles is 1. The first-order valence-corrected chi connectivity index (χ1v) is 3.99. The van der Waals surface area contributed by atoms with Crippen molar-refractivity contribution < 1.29 is 8.78 Å². The van der Waals surface area contributed by atoms with E-state index in [1.807, 2.05) is 0 Å². The van der Waals surface area contributed by atoms with Crippen LogP contribution in [0.15, 0.2) is 6.07 Å². The predicted molar refractivity (Wildman–Crippen MR) is 46.5 cm³/mol. The van der Waals surface area contributed by atoms with Gasteiger partial charge in [-0.15, -0.1) is 0 Å². The first kappa shape index (κ1) is 10.5. The highest BCUT2D eigenvalue weighted by atomic mass is 19.3. The number of nitrogens with two attached hydrogens (primary N) is 1. The molecule has 0 bridgehead atoms. The van der Waals surface area contributed by atoms with Crippen LogP contribution in [0.3, 0.4) is 0 Å². The van der Waals surface area contributed by atoms with Crippen LogP contribution >= 0.6 is 0 Å². The molecule has 2 N–H and O–H groups in total. The summed E-state index contributed by atoms with van der Waals surface area (Å²) in [5.41, 5.74) is 6.09. The Morgan fingerprint density at radius 2 is 2.29 bits per heavy atom. The molecule has 74 valence electrons. The number of halogens is 2. The Morgan fingerprint density at radius 1 is 1.64 bits per heavy atom. The molecule has 0 amide bonds. The van der Waals surface area contributed by atoms with E-state index >= 15 is 0 Å². The normalized spacial score (nSPS) is 10.3. The summed E-state index contributed by atoms with van der Waals surface area (Å²) >= 11 is 0. The van der Waals surface area contributed by atoms with E-state index in [9.17, 15) is 8.78 Å². The topological polar surface area (TPSA) is 62.7 Å². The summed E-state index contributed by atoms with van der Waals surface area (Å²) in [7, 11) is 0. The summed E-state index contributed by atoms with van der Waals surface area (Å²) in [5, 5.41) is 8.67. The van der Waals surface area contributed by atoms with Gasteiger partial charge in [-0.2, -0.15) is 5.26 Å². The molecular weight excluding hydrogens is 188 g/mol. The van der Waals surface area contributed by atoms with Gasteiger partial charge in [0, 0.05) is 12.1 Å². The molecule has 0 spiro atoms. The SMILES string of the molecule is Cc1cc(C(F)F)nc(C#N)c1CN. The molecular formula is C9H9F2N3. The van der Waals surface area contributed by atoms with Crippen LogP contribution in [-0.2, 0) is 6.54 Å². The van der Waals surface area contributed by atoms with Crippen LogP contribution in [0.25, 0.3) is 0 Å². The lowest BCUT2D eigenvalue weighted by Crippen LogP contribution is -2.06. The highest BCUT2D eigenvalue weighted by molar-refractivity contribution is 5.38. The zero-order chi connectivity index (χ0) is 10.7. The molecule has 0 unspecified atom stereocenters. The van der Waals surface area contributed by atoms with Crippen molar-refractivity contribution in [2.24, 2.45) is 5.73 Å². The molecule has 0 radical (unpaired) electrons. The van der Waals surface area contributed by atoms with E-state index in [-0.39, 0.29) is 17.9 Å². The van der Waals surface area contributed by atoms with Gasteiger partial charge < -0.3 is 5.73 Å². The van der Waals surface area contributed by atoms with Crippen LogP contribution in [0.1, 0.15) is 28.9 Å². The van der Waals surface area contributed by atoms with Gasteiger partial charge in [-0.3, -0.25) is 0 Å². The quantitative estimate of drug-likeness (QED) is 0.784. The van der Waals surface area contributed by atoms with Gasteiger partial charge in [-0.25, -0.2) is 13.8 Å². The number of nitrogens with zero attached hydrogens (tertiary/aromatic N) is 2. The Hall–Kier alpha value is -1.54. The molecule has 1 aromatic heterocycles. The van der Waals surface area contributed by atoms with E-state index in [0.717, 1.165) is 0 Å². The minimum atomic E-state index is -2.66. The summed E-state index contributed by atoms with van der Waals surface area (Å²) in [6, 6.07) is 3.02. The monoisotopic (exact) mass is 197 g/mol. The lowest BCUT2D eigenvalue weighted by atomic mass is 10.1. The summed E-state index contributed by atoms with van der Waals surface area (Å²) in [6.07, 6.45) is -2.66.